The van der Waals surface area contributed by atoms with Gasteiger partial charge >= 0.3 is 0 Å². The zero-order valence-electron chi connectivity index (χ0n) is 14.5. The van der Waals surface area contributed by atoms with Crippen molar-refractivity contribution in [2.24, 2.45) is 5.92 Å². The third-order valence-corrected chi connectivity index (χ3v) is 5.56. The number of carbonyl (C=O) groups excluding carboxylic acids is 1. The molecule has 3 aromatic rings. The van der Waals surface area contributed by atoms with Crippen LogP contribution in [0.5, 0.6) is 0 Å². The van der Waals surface area contributed by atoms with Crippen molar-refractivity contribution < 1.29 is 4.79 Å². The molecule has 0 saturated heterocycles. The maximum atomic E-state index is 12.7. The van der Waals surface area contributed by atoms with E-state index in [1.807, 2.05) is 41.8 Å². The van der Waals surface area contributed by atoms with Gasteiger partial charge in [-0.2, -0.15) is 0 Å². The van der Waals surface area contributed by atoms with Crippen LogP contribution < -0.4 is 5.32 Å². The van der Waals surface area contributed by atoms with E-state index in [-0.39, 0.29) is 11.8 Å². The van der Waals surface area contributed by atoms with Crippen molar-refractivity contribution in [2.75, 3.05) is 6.54 Å². The van der Waals surface area contributed by atoms with Gasteiger partial charge in [-0.3, -0.25) is 9.78 Å². The molecule has 0 aliphatic heterocycles. The fourth-order valence-electron chi connectivity index (χ4n) is 3.18. The minimum absolute atomic E-state index is 0.0179. The summed E-state index contributed by atoms with van der Waals surface area (Å²) < 4.78 is 0. The molecule has 5 heteroatoms. The second-order valence-electron chi connectivity index (χ2n) is 6.63. The molecule has 1 fully saturated rings. The Bertz CT molecular complexity index is 859. The van der Waals surface area contributed by atoms with Gasteiger partial charge in [0, 0.05) is 24.5 Å². The number of thiazole rings is 1. The van der Waals surface area contributed by atoms with Gasteiger partial charge in [-0.1, -0.05) is 36.4 Å². The summed E-state index contributed by atoms with van der Waals surface area (Å²) in [5.74, 6) is 0.613. The number of nitrogens with one attached hydrogen (secondary N) is 1. The molecule has 1 aliphatic carbocycles. The monoisotopic (exact) mass is 363 g/mol. The summed E-state index contributed by atoms with van der Waals surface area (Å²) in [5, 5.41) is 6.08. The summed E-state index contributed by atoms with van der Waals surface area (Å²) in [7, 11) is 0. The van der Waals surface area contributed by atoms with Gasteiger partial charge in [0.05, 0.1) is 17.3 Å². The van der Waals surface area contributed by atoms with Crippen LogP contribution in [-0.4, -0.2) is 22.4 Å². The lowest BCUT2D eigenvalue weighted by Gasteiger charge is -2.16. The van der Waals surface area contributed by atoms with Crippen LogP contribution in [0.2, 0.25) is 0 Å². The smallest absolute Gasteiger partial charge is 0.227 e. The Balaban J connectivity index is 1.34. The van der Waals surface area contributed by atoms with Crippen molar-refractivity contribution >= 4 is 17.2 Å². The van der Waals surface area contributed by atoms with Crippen LogP contribution >= 0.6 is 11.3 Å². The van der Waals surface area contributed by atoms with Crippen LogP contribution in [0.15, 0.2) is 60.1 Å². The fraction of sp³-hybridized carbons (Fsp3) is 0.286. The number of pyridine rings is 1. The first-order valence-electron chi connectivity index (χ1n) is 9.00. The van der Waals surface area contributed by atoms with E-state index in [9.17, 15) is 4.79 Å². The normalized spacial score (nSPS) is 14.8. The number of benzene rings is 1. The number of amides is 1. The van der Waals surface area contributed by atoms with Crippen LogP contribution in [0.4, 0.5) is 0 Å². The molecule has 1 aliphatic rings. The first-order valence-corrected chi connectivity index (χ1v) is 9.87. The molecule has 0 spiro atoms. The second-order valence-corrected chi connectivity index (χ2v) is 7.48. The molecular formula is C21H21N3OS. The van der Waals surface area contributed by atoms with E-state index in [0.717, 1.165) is 41.2 Å². The summed E-state index contributed by atoms with van der Waals surface area (Å²) in [6.45, 7) is 0.611. The molecule has 1 amide bonds. The van der Waals surface area contributed by atoms with E-state index in [4.69, 9.17) is 0 Å². The molecule has 0 bridgehead atoms. The standard InChI is InChI=1S/C21H21N3OS/c25-20(19(16-9-10-16)15-6-2-1-3-7-15)23-13-11-17-14-26-21(24-17)18-8-4-5-12-22-18/h1-8,12,14,16,19H,9-11,13H2,(H,23,25). The zero-order chi connectivity index (χ0) is 17.8. The van der Waals surface area contributed by atoms with Crippen molar-refractivity contribution in [3.8, 4) is 10.7 Å². The zero-order valence-corrected chi connectivity index (χ0v) is 15.3. The molecule has 1 atom stereocenters. The second kappa shape index (κ2) is 7.79. The number of hydrogen-bond acceptors (Lipinski definition) is 4. The molecule has 2 aromatic heterocycles. The summed E-state index contributed by atoms with van der Waals surface area (Å²) in [6, 6.07) is 15.9. The van der Waals surface area contributed by atoms with Crippen LogP contribution in [0.1, 0.15) is 30.0 Å². The van der Waals surface area contributed by atoms with E-state index < -0.39 is 0 Å². The Labute approximate surface area is 157 Å². The highest BCUT2D eigenvalue weighted by molar-refractivity contribution is 7.13. The van der Waals surface area contributed by atoms with Gasteiger partial charge in [0.25, 0.3) is 0 Å². The van der Waals surface area contributed by atoms with E-state index in [1.54, 1.807) is 17.5 Å². The van der Waals surface area contributed by atoms with Gasteiger partial charge in [-0.15, -0.1) is 11.3 Å². The molecule has 4 rings (SSSR count). The Morgan fingerprint density at radius 2 is 1.96 bits per heavy atom. The number of hydrogen-bond donors (Lipinski definition) is 1. The number of carbonyl (C=O) groups is 1. The number of rotatable bonds is 7. The lowest BCUT2D eigenvalue weighted by molar-refractivity contribution is -0.123. The van der Waals surface area contributed by atoms with E-state index in [0.29, 0.717) is 12.5 Å². The molecule has 1 N–H and O–H groups in total. The molecule has 1 saturated carbocycles. The van der Waals surface area contributed by atoms with E-state index in [1.165, 1.54) is 0 Å². The molecule has 26 heavy (non-hydrogen) atoms. The molecule has 2 heterocycles. The van der Waals surface area contributed by atoms with Crippen molar-refractivity contribution in [1.82, 2.24) is 15.3 Å². The maximum Gasteiger partial charge on any atom is 0.227 e. The predicted octanol–water partition coefficient (Wildman–Crippen LogP) is 4.06. The van der Waals surface area contributed by atoms with E-state index >= 15 is 0 Å². The van der Waals surface area contributed by atoms with Gasteiger partial charge in [0.1, 0.15) is 5.01 Å². The lowest BCUT2D eigenvalue weighted by Crippen LogP contribution is -2.32. The number of nitrogens with zero attached hydrogens (tertiary/aromatic N) is 2. The first kappa shape index (κ1) is 16.9. The van der Waals surface area contributed by atoms with Gasteiger partial charge in [-0.05, 0) is 36.5 Å². The quantitative estimate of drug-likeness (QED) is 0.689. The van der Waals surface area contributed by atoms with Crippen molar-refractivity contribution in [3.05, 3.63) is 71.4 Å². The Kier molecular flexibility index (Phi) is 5.07. The third kappa shape index (κ3) is 3.99. The largest absolute Gasteiger partial charge is 0.355 e. The summed E-state index contributed by atoms with van der Waals surface area (Å²) >= 11 is 1.59. The van der Waals surface area contributed by atoms with Gasteiger partial charge < -0.3 is 5.32 Å². The fourth-order valence-corrected chi connectivity index (χ4v) is 4.01. The maximum absolute atomic E-state index is 12.7. The molecule has 0 radical (unpaired) electrons. The van der Waals surface area contributed by atoms with Crippen LogP contribution in [0.25, 0.3) is 10.7 Å². The minimum atomic E-state index is -0.0179. The Morgan fingerprint density at radius 3 is 2.69 bits per heavy atom. The average molecular weight is 363 g/mol. The minimum Gasteiger partial charge on any atom is -0.355 e. The van der Waals surface area contributed by atoms with Gasteiger partial charge in [-0.25, -0.2) is 4.98 Å². The highest BCUT2D eigenvalue weighted by atomic mass is 32.1. The Hall–Kier alpha value is -2.53. The highest BCUT2D eigenvalue weighted by Crippen LogP contribution is 2.42. The van der Waals surface area contributed by atoms with Crippen molar-refractivity contribution in [1.29, 1.82) is 0 Å². The van der Waals surface area contributed by atoms with Crippen LogP contribution in [-0.2, 0) is 11.2 Å². The van der Waals surface area contributed by atoms with Crippen molar-refractivity contribution in [2.45, 2.75) is 25.2 Å². The molecule has 1 unspecified atom stereocenters. The third-order valence-electron chi connectivity index (χ3n) is 4.65. The van der Waals surface area contributed by atoms with Crippen LogP contribution in [0, 0.1) is 5.92 Å². The van der Waals surface area contributed by atoms with Crippen molar-refractivity contribution in [3.63, 3.8) is 0 Å². The predicted molar refractivity (Wildman–Crippen MR) is 104 cm³/mol. The highest BCUT2D eigenvalue weighted by Gasteiger charge is 2.36. The summed E-state index contributed by atoms with van der Waals surface area (Å²) in [6.07, 6.45) is 4.80. The SMILES string of the molecule is O=C(NCCc1csc(-c2ccccn2)n1)C(c1ccccc1)C1CC1. The topological polar surface area (TPSA) is 54.9 Å². The summed E-state index contributed by atoms with van der Waals surface area (Å²) in [5.41, 5.74) is 3.02. The van der Waals surface area contributed by atoms with Gasteiger partial charge in [0.15, 0.2) is 0 Å². The van der Waals surface area contributed by atoms with Crippen LogP contribution in [0.3, 0.4) is 0 Å². The number of aromatic nitrogens is 2. The molecule has 1 aromatic carbocycles. The molecule has 4 nitrogen and oxygen atoms in total. The first-order chi connectivity index (χ1) is 12.8. The Morgan fingerprint density at radius 1 is 1.15 bits per heavy atom. The molecular weight excluding hydrogens is 342 g/mol. The summed E-state index contributed by atoms with van der Waals surface area (Å²) in [4.78, 5) is 21.7. The van der Waals surface area contributed by atoms with Gasteiger partial charge in [0.2, 0.25) is 5.91 Å². The molecule has 132 valence electrons. The lowest BCUT2D eigenvalue weighted by atomic mass is 9.93. The average Bonchev–Trinajstić information content (AvgIpc) is 3.40. The van der Waals surface area contributed by atoms with E-state index in [2.05, 4.69) is 27.4 Å².